The van der Waals surface area contributed by atoms with Gasteiger partial charge in [0, 0.05) is 67.2 Å². The summed E-state index contributed by atoms with van der Waals surface area (Å²) in [6.45, 7) is 0. The largest absolute Gasteiger partial charge is 0.456 e. The van der Waals surface area contributed by atoms with Gasteiger partial charge in [0.2, 0.25) is 0 Å². The standard InChI is InChI=1S/C52H32N2O2/c1-2-11-36(12-3-1)53(38-24-26-43-41-14-6-8-16-48(41)55-50(43)31-38)37-22-18-33(19-23-37)35-21-28-46-45(30-35)52-40-13-5-4-10-34(40)20-29-47(52)54(46)39-25-27-44-42-15-7-9-17-49(42)56-51(44)32-39/h1-32H. The van der Waals surface area contributed by atoms with Crippen LogP contribution in [0, 0.1) is 0 Å². The van der Waals surface area contributed by atoms with Crippen molar-refractivity contribution in [2.24, 2.45) is 0 Å². The maximum atomic E-state index is 6.36. The molecule has 0 aliphatic carbocycles. The summed E-state index contributed by atoms with van der Waals surface area (Å²) in [6.07, 6.45) is 0. The van der Waals surface area contributed by atoms with Crippen LogP contribution in [0.25, 0.3) is 93.3 Å². The van der Waals surface area contributed by atoms with Gasteiger partial charge < -0.3 is 18.3 Å². The van der Waals surface area contributed by atoms with E-state index >= 15 is 0 Å². The van der Waals surface area contributed by atoms with E-state index in [1.165, 1.54) is 32.6 Å². The molecular formula is C52H32N2O2. The first-order valence-corrected chi connectivity index (χ1v) is 19.0. The summed E-state index contributed by atoms with van der Waals surface area (Å²) in [7, 11) is 0. The molecule has 0 spiro atoms. The molecular weight excluding hydrogens is 685 g/mol. The van der Waals surface area contributed by atoms with Crippen molar-refractivity contribution in [3.05, 3.63) is 194 Å². The first-order chi connectivity index (χ1) is 27.7. The van der Waals surface area contributed by atoms with Crippen LogP contribution < -0.4 is 4.90 Å². The number of rotatable bonds is 5. The Morgan fingerprint density at radius 3 is 1.68 bits per heavy atom. The van der Waals surface area contributed by atoms with Gasteiger partial charge >= 0.3 is 0 Å². The molecule has 262 valence electrons. The van der Waals surface area contributed by atoms with E-state index in [4.69, 9.17) is 8.83 Å². The fraction of sp³-hybridized carbons (Fsp3) is 0. The highest BCUT2D eigenvalue weighted by Crippen LogP contribution is 2.42. The quantitative estimate of drug-likeness (QED) is 0.178. The summed E-state index contributed by atoms with van der Waals surface area (Å²) >= 11 is 0. The number of para-hydroxylation sites is 3. The van der Waals surface area contributed by atoms with Crippen molar-refractivity contribution < 1.29 is 8.83 Å². The van der Waals surface area contributed by atoms with Gasteiger partial charge in [0.05, 0.1) is 11.0 Å². The lowest BCUT2D eigenvalue weighted by Crippen LogP contribution is -2.09. The smallest absolute Gasteiger partial charge is 0.137 e. The highest BCUT2D eigenvalue weighted by atomic mass is 16.3. The Morgan fingerprint density at radius 2 is 0.911 bits per heavy atom. The van der Waals surface area contributed by atoms with Crippen molar-refractivity contribution in [1.29, 1.82) is 0 Å². The molecule has 4 heteroatoms. The van der Waals surface area contributed by atoms with Crippen LogP contribution in [0.15, 0.2) is 203 Å². The lowest BCUT2D eigenvalue weighted by atomic mass is 10.00. The van der Waals surface area contributed by atoms with Gasteiger partial charge in [-0.3, -0.25) is 0 Å². The van der Waals surface area contributed by atoms with Gasteiger partial charge in [-0.2, -0.15) is 0 Å². The summed E-state index contributed by atoms with van der Waals surface area (Å²) in [4.78, 5) is 2.29. The molecule has 0 bridgehead atoms. The number of aromatic nitrogens is 1. The molecule has 9 aromatic carbocycles. The summed E-state index contributed by atoms with van der Waals surface area (Å²) in [6, 6.07) is 69.1. The Morgan fingerprint density at radius 1 is 0.339 bits per heavy atom. The van der Waals surface area contributed by atoms with E-state index in [0.717, 1.165) is 77.7 Å². The minimum atomic E-state index is 0.874. The molecule has 0 amide bonds. The molecule has 0 aliphatic rings. The second kappa shape index (κ2) is 12.0. The fourth-order valence-electron chi connectivity index (χ4n) is 8.78. The number of anilines is 3. The molecule has 56 heavy (non-hydrogen) atoms. The summed E-state index contributed by atoms with van der Waals surface area (Å²) in [5.41, 5.74) is 12.5. The normalized spacial score (nSPS) is 11.9. The van der Waals surface area contributed by atoms with Crippen molar-refractivity contribution in [1.82, 2.24) is 4.57 Å². The minimum Gasteiger partial charge on any atom is -0.456 e. The molecule has 0 atom stereocenters. The fourth-order valence-corrected chi connectivity index (χ4v) is 8.78. The van der Waals surface area contributed by atoms with Crippen LogP contribution in [0.5, 0.6) is 0 Å². The average Bonchev–Trinajstić information content (AvgIpc) is 3.93. The SMILES string of the molecule is c1ccc(N(c2ccc(-c3ccc4c(c3)c3c5ccccc5ccc3n4-c3ccc4c(c3)oc3ccccc34)cc2)c2ccc3c(c2)oc2ccccc23)cc1. The van der Waals surface area contributed by atoms with Crippen molar-refractivity contribution in [3.8, 4) is 16.8 Å². The second-order valence-electron chi connectivity index (χ2n) is 14.5. The first kappa shape index (κ1) is 30.9. The topological polar surface area (TPSA) is 34.5 Å². The Bertz CT molecular complexity index is 3480. The van der Waals surface area contributed by atoms with Gasteiger partial charge in [-0.25, -0.2) is 0 Å². The van der Waals surface area contributed by atoms with Crippen LogP contribution in [-0.4, -0.2) is 4.57 Å². The summed E-state index contributed by atoms with van der Waals surface area (Å²) in [5, 5.41) is 9.44. The molecule has 12 aromatic rings. The highest BCUT2D eigenvalue weighted by molar-refractivity contribution is 6.22. The van der Waals surface area contributed by atoms with Crippen molar-refractivity contribution in [2.75, 3.05) is 4.90 Å². The number of fused-ring (bicyclic) bond motifs is 11. The van der Waals surface area contributed by atoms with E-state index < -0.39 is 0 Å². The minimum absolute atomic E-state index is 0.874. The van der Waals surface area contributed by atoms with Crippen LogP contribution >= 0.6 is 0 Å². The van der Waals surface area contributed by atoms with Crippen molar-refractivity contribution in [2.45, 2.75) is 0 Å². The summed E-state index contributed by atoms with van der Waals surface area (Å²) in [5.74, 6) is 0. The molecule has 0 N–H and O–H groups in total. The van der Waals surface area contributed by atoms with Gasteiger partial charge in [0.15, 0.2) is 0 Å². The highest BCUT2D eigenvalue weighted by Gasteiger charge is 2.19. The van der Waals surface area contributed by atoms with Gasteiger partial charge in [0.25, 0.3) is 0 Å². The van der Waals surface area contributed by atoms with Crippen molar-refractivity contribution in [3.63, 3.8) is 0 Å². The van der Waals surface area contributed by atoms with Gasteiger partial charge in [-0.1, -0.05) is 103 Å². The maximum absolute atomic E-state index is 6.36. The van der Waals surface area contributed by atoms with Gasteiger partial charge in [0.1, 0.15) is 22.3 Å². The molecule has 12 rings (SSSR count). The van der Waals surface area contributed by atoms with E-state index in [0.29, 0.717) is 0 Å². The summed E-state index contributed by atoms with van der Waals surface area (Å²) < 4.78 is 15.0. The number of hydrogen-bond acceptors (Lipinski definition) is 3. The molecule has 0 aliphatic heterocycles. The number of benzene rings is 9. The molecule has 4 nitrogen and oxygen atoms in total. The Labute approximate surface area is 321 Å². The van der Waals surface area contributed by atoms with Crippen LogP contribution in [0.2, 0.25) is 0 Å². The van der Waals surface area contributed by atoms with E-state index in [-0.39, 0.29) is 0 Å². The Balaban J connectivity index is 0.995. The van der Waals surface area contributed by atoms with Crippen LogP contribution in [0.1, 0.15) is 0 Å². The lowest BCUT2D eigenvalue weighted by Gasteiger charge is -2.25. The zero-order chi connectivity index (χ0) is 36.7. The predicted molar refractivity (Wildman–Crippen MR) is 233 cm³/mol. The average molecular weight is 717 g/mol. The van der Waals surface area contributed by atoms with E-state index in [9.17, 15) is 0 Å². The molecule has 3 aromatic heterocycles. The molecule has 0 saturated heterocycles. The van der Waals surface area contributed by atoms with Crippen LogP contribution in [0.3, 0.4) is 0 Å². The van der Waals surface area contributed by atoms with Crippen LogP contribution in [-0.2, 0) is 0 Å². The first-order valence-electron chi connectivity index (χ1n) is 19.0. The van der Waals surface area contributed by atoms with E-state index in [1.807, 2.05) is 24.3 Å². The van der Waals surface area contributed by atoms with Crippen molar-refractivity contribution >= 4 is 93.5 Å². The lowest BCUT2D eigenvalue weighted by molar-refractivity contribution is 0.668. The van der Waals surface area contributed by atoms with E-state index in [1.54, 1.807) is 0 Å². The van der Waals surface area contributed by atoms with Gasteiger partial charge in [-0.15, -0.1) is 0 Å². The number of furan rings is 2. The maximum Gasteiger partial charge on any atom is 0.137 e. The molecule has 0 fully saturated rings. The third kappa shape index (κ3) is 4.66. The third-order valence-corrected chi connectivity index (χ3v) is 11.4. The zero-order valence-electron chi connectivity index (χ0n) is 30.2. The second-order valence-corrected chi connectivity index (χ2v) is 14.5. The number of nitrogens with zero attached hydrogens (tertiary/aromatic N) is 2. The monoisotopic (exact) mass is 716 g/mol. The molecule has 3 heterocycles. The van der Waals surface area contributed by atoms with Crippen LogP contribution in [0.4, 0.5) is 17.1 Å². The molecule has 0 unspecified atom stereocenters. The molecule has 0 radical (unpaired) electrons. The zero-order valence-corrected chi connectivity index (χ0v) is 30.2. The molecule has 0 saturated carbocycles. The number of hydrogen-bond donors (Lipinski definition) is 0. The Hall–Kier alpha value is -7.56. The predicted octanol–water partition coefficient (Wildman–Crippen LogP) is 14.9. The Kier molecular flexibility index (Phi) is 6.60. The van der Waals surface area contributed by atoms with Gasteiger partial charge in [-0.05, 0) is 101 Å². The third-order valence-electron chi connectivity index (χ3n) is 11.4. The van der Waals surface area contributed by atoms with E-state index in [2.05, 4.69) is 179 Å².